The van der Waals surface area contributed by atoms with Gasteiger partial charge in [-0.15, -0.1) is 0 Å². The molecule has 0 aliphatic heterocycles. The van der Waals surface area contributed by atoms with E-state index < -0.39 is 0 Å². The molecule has 1 unspecified atom stereocenters. The van der Waals surface area contributed by atoms with E-state index in [-0.39, 0.29) is 6.04 Å². The Bertz CT molecular complexity index is 340. The highest BCUT2D eigenvalue weighted by molar-refractivity contribution is 5.38. The zero-order chi connectivity index (χ0) is 12.8. The van der Waals surface area contributed by atoms with Crippen molar-refractivity contribution < 1.29 is 4.74 Å². The molecule has 0 radical (unpaired) electrons. The first kappa shape index (κ1) is 14.2. The van der Waals surface area contributed by atoms with Crippen molar-refractivity contribution in [2.24, 2.45) is 5.84 Å². The Morgan fingerprint density at radius 1 is 1.24 bits per heavy atom. The normalized spacial score (nSPS) is 12.8. The Morgan fingerprint density at radius 2 is 1.82 bits per heavy atom. The van der Waals surface area contributed by atoms with Crippen molar-refractivity contribution >= 4 is 0 Å². The number of hydrazine groups is 1. The Kier molecular flexibility index (Phi) is 5.62. The standard InChI is InChI=1S/C14H24N2O/c1-10-7-11(2)14(12(3)8-10)9-13(16-15)5-6-17-4/h7-8,13,16H,5-6,9,15H2,1-4H3. The van der Waals surface area contributed by atoms with Crippen LogP contribution in [0.1, 0.15) is 28.7 Å². The first-order chi connectivity index (χ1) is 8.08. The lowest BCUT2D eigenvalue weighted by Crippen LogP contribution is -2.37. The van der Waals surface area contributed by atoms with Gasteiger partial charge in [-0.2, -0.15) is 0 Å². The molecule has 1 aromatic carbocycles. The fourth-order valence-corrected chi connectivity index (χ4v) is 2.28. The molecule has 17 heavy (non-hydrogen) atoms. The fraction of sp³-hybridized carbons (Fsp3) is 0.571. The van der Waals surface area contributed by atoms with Gasteiger partial charge in [0.25, 0.3) is 0 Å². The van der Waals surface area contributed by atoms with E-state index in [1.807, 2.05) is 0 Å². The van der Waals surface area contributed by atoms with E-state index in [4.69, 9.17) is 10.6 Å². The van der Waals surface area contributed by atoms with Crippen molar-refractivity contribution in [3.05, 3.63) is 34.4 Å². The third-order valence-electron chi connectivity index (χ3n) is 3.20. The van der Waals surface area contributed by atoms with Crippen molar-refractivity contribution in [3.63, 3.8) is 0 Å². The minimum atomic E-state index is 0.273. The number of rotatable bonds is 6. The van der Waals surface area contributed by atoms with E-state index in [0.717, 1.165) is 19.4 Å². The van der Waals surface area contributed by atoms with E-state index in [1.165, 1.54) is 22.3 Å². The number of hydrogen-bond acceptors (Lipinski definition) is 3. The van der Waals surface area contributed by atoms with Gasteiger partial charge >= 0.3 is 0 Å². The van der Waals surface area contributed by atoms with Gasteiger partial charge in [-0.1, -0.05) is 17.7 Å². The zero-order valence-electron chi connectivity index (χ0n) is 11.3. The summed E-state index contributed by atoms with van der Waals surface area (Å²) < 4.78 is 5.10. The van der Waals surface area contributed by atoms with Crippen molar-refractivity contribution in [1.29, 1.82) is 0 Å². The summed E-state index contributed by atoms with van der Waals surface area (Å²) in [6.07, 6.45) is 1.89. The monoisotopic (exact) mass is 236 g/mol. The van der Waals surface area contributed by atoms with Crippen LogP contribution in [0.5, 0.6) is 0 Å². The van der Waals surface area contributed by atoms with Crippen molar-refractivity contribution in [1.82, 2.24) is 5.43 Å². The molecule has 0 fully saturated rings. The van der Waals surface area contributed by atoms with E-state index in [2.05, 4.69) is 38.3 Å². The molecule has 1 atom stereocenters. The summed E-state index contributed by atoms with van der Waals surface area (Å²) in [6.45, 7) is 7.20. The highest BCUT2D eigenvalue weighted by Crippen LogP contribution is 2.18. The molecule has 96 valence electrons. The molecule has 0 bridgehead atoms. The predicted octanol–water partition coefficient (Wildman–Crippen LogP) is 2.02. The van der Waals surface area contributed by atoms with Crippen LogP contribution in [0.25, 0.3) is 0 Å². The Hall–Kier alpha value is -0.900. The maximum atomic E-state index is 5.59. The largest absolute Gasteiger partial charge is 0.385 e. The number of nitrogens with one attached hydrogen (secondary N) is 1. The lowest BCUT2D eigenvalue weighted by atomic mass is 9.94. The van der Waals surface area contributed by atoms with Crippen molar-refractivity contribution in [2.75, 3.05) is 13.7 Å². The van der Waals surface area contributed by atoms with E-state index >= 15 is 0 Å². The molecule has 0 spiro atoms. The van der Waals surface area contributed by atoms with Crippen LogP contribution < -0.4 is 11.3 Å². The molecule has 3 heteroatoms. The first-order valence-electron chi connectivity index (χ1n) is 6.10. The van der Waals surface area contributed by atoms with Crippen LogP contribution in [-0.2, 0) is 11.2 Å². The summed E-state index contributed by atoms with van der Waals surface area (Å²) in [7, 11) is 1.72. The van der Waals surface area contributed by atoms with E-state index in [1.54, 1.807) is 7.11 Å². The minimum absolute atomic E-state index is 0.273. The smallest absolute Gasteiger partial charge is 0.0477 e. The summed E-state index contributed by atoms with van der Waals surface area (Å²) >= 11 is 0. The lowest BCUT2D eigenvalue weighted by molar-refractivity contribution is 0.182. The van der Waals surface area contributed by atoms with Gasteiger partial charge in [0.2, 0.25) is 0 Å². The zero-order valence-corrected chi connectivity index (χ0v) is 11.3. The summed E-state index contributed by atoms with van der Waals surface area (Å²) in [5, 5.41) is 0. The Balaban J connectivity index is 2.78. The molecule has 0 aliphatic carbocycles. The number of nitrogens with two attached hydrogens (primary N) is 1. The average Bonchev–Trinajstić information content (AvgIpc) is 2.27. The van der Waals surface area contributed by atoms with Gasteiger partial charge in [0.05, 0.1) is 0 Å². The average molecular weight is 236 g/mol. The fourth-order valence-electron chi connectivity index (χ4n) is 2.28. The maximum Gasteiger partial charge on any atom is 0.0477 e. The summed E-state index contributed by atoms with van der Waals surface area (Å²) in [6, 6.07) is 4.73. The summed E-state index contributed by atoms with van der Waals surface area (Å²) in [4.78, 5) is 0. The second-order valence-electron chi connectivity index (χ2n) is 4.73. The molecular weight excluding hydrogens is 212 g/mol. The second kappa shape index (κ2) is 6.74. The van der Waals surface area contributed by atoms with Crippen molar-refractivity contribution in [3.8, 4) is 0 Å². The summed E-state index contributed by atoms with van der Waals surface area (Å²) in [5.74, 6) is 5.59. The van der Waals surface area contributed by atoms with Gasteiger partial charge < -0.3 is 4.74 Å². The lowest BCUT2D eigenvalue weighted by Gasteiger charge is -2.19. The van der Waals surface area contributed by atoms with E-state index in [9.17, 15) is 0 Å². The number of methoxy groups -OCH3 is 1. The highest BCUT2D eigenvalue weighted by atomic mass is 16.5. The molecule has 0 heterocycles. The quantitative estimate of drug-likeness (QED) is 0.587. The van der Waals surface area contributed by atoms with Gasteiger partial charge in [0.15, 0.2) is 0 Å². The number of ether oxygens (including phenoxy) is 1. The Morgan fingerprint density at radius 3 is 2.29 bits per heavy atom. The number of hydrogen-bond donors (Lipinski definition) is 2. The summed E-state index contributed by atoms with van der Waals surface area (Å²) in [5.41, 5.74) is 8.28. The van der Waals surface area contributed by atoms with Gasteiger partial charge in [-0.05, 0) is 50.3 Å². The molecule has 0 aliphatic rings. The Labute approximate surface area is 104 Å². The number of benzene rings is 1. The van der Waals surface area contributed by atoms with Crippen LogP contribution in [-0.4, -0.2) is 19.8 Å². The third kappa shape index (κ3) is 4.11. The van der Waals surface area contributed by atoms with Gasteiger partial charge in [0, 0.05) is 19.8 Å². The van der Waals surface area contributed by atoms with Crippen LogP contribution in [0.15, 0.2) is 12.1 Å². The maximum absolute atomic E-state index is 5.59. The molecular formula is C14H24N2O. The molecule has 3 N–H and O–H groups in total. The molecule has 0 amide bonds. The van der Waals surface area contributed by atoms with Crippen LogP contribution in [0, 0.1) is 20.8 Å². The third-order valence-corrected chi connectivity index (χ3v) is 3.20. The molecule has 0 saturated heterocycles. The molecule has 1 aromatic rings. The van der Waals surface area contributed by atoms with Gasteiger partial charge in [-0.3, -0.25) is 11.3 Å². The van der Waals surface area contributed by atoms with Gasteiger partial charge in [-0.25, -0.2) is 0 Å². The highest BCUT2D eigenvalue weighted by Gasteiger charge is 2.11. The van der Waals surface area contributed by atoms with E-state index in [0.29, 0.717) is 0 Å². The molecule has 1 rings (SSSR count). The topological polar surface area (TPSA) is 47.3 Å². The SMILES string of the molecule is COCCC(Cc1c(C)cc(C)cc1C)NN. The second-order valence-corrected chi connectivity index (χ2v) is 4.73. The van der Waals surface area contributed by atoms with Crippen LogP contribution >= 0.6 is 0 Å². The van der Waals surface area contributed by atoms with Gasteiger partial charge in [0.1, 0.15) is 0 Å². The minimum Gasteiger partial charge on any atom is -0.385 e. The molecule has 0 aromatic heterocycles. The number of aryl methyl sites for hydroxylation is 3. The van der Waals surface area contributed by atoms with Crippen LogP contribution in [0.2, 0.25) is 0 Å². The molecule has 0 saturated carbocycles. The first-order valence-corrected chi connectivity index (χ1v) is 6.10. The molecule has 3 nitrogen and oxygen atoms in total. The van der Waals surface area contributed by atoms with Crippen molar-refractivity contribution in [2.45, 2.75) is 39.7 Å². The predicted molar refractivity (Wildman–Crippen MR) is 72.0 cm³/mol. The van der Waals surface area contributed by atoms with Crippen LogP contribution in [0.3, 0.4) is 0 Å². The van der Waals surface area contributed by atoms with Crippen LogP contribution in [0.4, 0.5) is 0 Å².